The zero-order valence-corrected chi connectivity index (χ0v) is 27.0. The minimum atomic E-state index is 0.283. The van der Waals surface area contributed by atoms with Gasteiger partial charge in [0.25, 0.3) is 0 Å². The molecule has 230 valence electrons. The number of fused-ring (bicyclic) bond motifs is 3. The molecule has 4 heteroatoms. The maximum Gasteiger partial charge on any atom is 0.164 e. The van der Waals surface area contributed by atoms with E-state index in [9.17, 15) is 5.26 Å². The summed E-state index contributed by atoms with van der Waals surface area (Å²) in [4.78, 5) is 15.2. The molecular formula is C43H38N4. The van der Waals surface area contributed by atoms with E-state index in [0.29, 0.717) is 23.0 Å². The zero-order valence-electron chi connectivity index (χ0n) is 27.0. The molecule has 2 fully saturated rings. The van der Waals surface area contributed by atoms with Crippen molar-refractivity contribution in [2.24, 2.45) is 17.8 Å². The average Bonchev–Trinajstić information content (AvgIpc) is 3.11. The van der Waals surface area contributed by atoms with E-state index >= 15 is 0 Å². The second kappa shape index (κ2) is 11.9. The highest BCUT2D eigenvalue weighted by Crippen LogP contribution is 2.54. The molecule has 0 radical (unpaired) electrons. The molecule has 0 amide bonds. The highest BCUT2D eigenvalue weighted by Gasteiger charge is 2.45. The molecule has 0 aliphatic heterocycles. The number of benzene rings is 5. The van der Waals surface area contributed by atoms with Gasteiger partial charge in [0.05, 0.1) is 11.6 Å². The van der Waals surface area contributed by atoms with Crippen LogP contribution in [0.4, 0.5) is 0 Å². The Kier molecular flexibility index (Phi) is 7.41. The minimum absolute atomic E-state index is 0.283. The van der Waals surface area contributed by atoms with E-state index in [1.165, 1.54) is 37.7 Å². The summed E-state index contributed by atoms with van der Waals surface area (Å²) < 4.78 is 0. The first-order valence-corrected chi connectivity index (χ1v) is 16.9. The molecule has 4 atom stereocenters. The Balaban J connectivity index is 1.24. The molecule has 0 spiro atoms. The van der Waals surface area contributed by atoms with Crippen molar-refractivity contribution in [1.82, 2.24) is 15.0 Å². The van der Waals surface area contributed by atoms with Crippen molar-refractivity contribution < 1.29 is 0 Å². The summed E-state index contributed by atoms with van der Waals surface area (Å²) in [5.74, 6) is 4.38. The van der Waals surface area contributed by atoms with Crippen LogP contribution in [0.15, 0.2) is 115 Å². The van der Waals surface area contributed by atoms with Gasteiger partial charge >= 0.3 is 0 Å². The van der Waals surface area contributed by atoms with Crippen LogP contribution < -0.4 is 0 Å². The standard InChI is InChI=1S/C43H38N4/c1-28-21-31-22-29(2)25-43(24-28,26-31)35-17-15-33(16-18-35)41-45-40(32-10-4-3-5-11-32)46-42(47-41)39-20-19-36(37-13-6-7-14-38(37)39)34-12-8-9-30(23-34)27-44/h3-20,23,28-29,31H,21-22,24-26H2,1-2H3/t28-,29+,31?,43?. The summed E-state index contributed by atoms with van der Waals surface area (Å²) in [5, 5.41) is 11.7. The van der Waals surface area contributed by atoms with Gasteiger partial charge in [-0.15, -0.1) is 0 Å². The third-order valence-corrected chi connectivity index (χ3v) is 10.5. The molecule has 1 aromatic heterocycles. The Morgan fingerprint density at radius 1 is 0.574 bits per heavy atom. The fraction of sp³-hybridized carbons (Fsp3) is 0.256. The highest BCUT2D eigenvalue weighted by atomic mass is 15.0. The fourth-order valence-electron chi connectivity index (χ4n) is 8.87. The molecular weight excluding hydrogens is 573 g/mol. The van der Waals surface area contributed by atoms with Crippen molar-refractivity contribution in [2.45, 2.75) is 51.4 Å². The van der Waals surface area contributed by atoms with Gasteiger partial charge in [-0.05, 0) is 101 Å². The molecule has 6 aromatic rings. The fourth-order valence-corrected chi connectivity index (χ4v) is 8.87. The molecule has 8 rings (SSSR count). The molecule has 2 bridgehead atoms. The second-order valence-electron chi connectivity index (χ2n) is 14.1. The molecule has 47 heavy (non-hydrogen) atoms. The van der Waals surface area contributed by atoms with Crippen molar-refractivity contribution in [1.29, 1.82) is 5.26 Å². The molecule has 1 heterocycles. The van der Waals surface area contributed by atoms with Gasteiger partial charge in [-0.3, -0.25) is 0 Å². The first-order chi connectivity index (χ1) is 23.0. The summed E-state index contributed by atoms with van der Waals surface area (Å²) in [5.41, 5.74) is 7.41. The maximum absolute atomic E-state index is 9.52. The van der Waals surface area contributed by atoms with Crippen LogP contribution in [-0.2, 0) is 5.41 Å². The predicted molar refractivity (Wildman–Crippen MR) is 190 cm³/mol. The van der Waals surface area contributed by atoms with Gasteiger partial charge in [-0.2, -0.15) is 5.26 Å². The monoisotopic (exact) mass is 610 g/mol. The largest absolute Gasteiger partial charge is 0.208 e. The van der Waals surface area contributed by atoms with Crippen LogP contribution in [0.3, 0.4) is 0 Å². The topological polar surface area (TPSA) is 62.5 Å². The van der Waals surface area contributed by atoms with Gasteiger partial charge in [-0.1, -0.05) is 111 Å². The number of hydrogen-bond donors (Lipinski definition) is 0. The van der Waals surface area contributed by atoms with E-state index in [-0.39, 0.29) is 5.41 Å². The summed E-state index contributed by atoms with van der Waals surface area (Å²) in [6, 6.07) is 42.0. The molecule has 5 aromatic carbocycles. The smallest absolute Gasteiger partial charge is 0.164 e. The van der Waals surface area contributed by atoms with Gasteiger partial charge in [0, 0.05) is 16.7 Å². The summed E-state index contributed by atoms with van der Waals surface area (Å²) in [6.07, 6.45) is 6.64. The molecule has 2 saturated carbocycles. The first-order valence-electron chi connectivity index (χ1n) is 16.9. The molecule has 0 saturated heterocycles. The van der Waals surface area contributed by atoms with Crippen LogP contribution >= 0.6 is 0 Å². The second-order valence-corrected chi connectivity index (χ2v) is 14.1. The van der Waals surface area contributed by atoms with Crippen LogP contribution in [0.2, 0.25) is 0 Å². The number of nitriles is 1. The van der Waals surface area contributed by atoms with E-state index in [0.717, 1.165) is 56.3 Å². The Morgan fingerprint density at radius 2 is 1.15 bits per heavy atom. The van der Waals surface area contributed by atoms with Gasteiger partial charge in [0.2, 0.25) is 0 Å². The lowest BCUT2D eigenvalue weighted by Crippen LogP contribution is -2.42. The summed E-state index contributed by atoms with van der Waals surface area (Å²) in [6.45, 7) is 4.89. The molecule has 2 aliphatic carbocycles. The molecule has 0 N–H and O–H groups in total. The number of nitrogens with zero attached hydrogens (tertiary/aromatic N) is 4. The molecule has 4 nitrogen and oxygen atoms in total. The van der Waals surface area contributed by atoms with Gasteiger partial charge < -0.3 is 0 Å². The van der Waals surface area contributed by atoms with E-state index in [2.05, 4.69) is 98.8 Å². The Bertz CT molecular complexity index is 2110. The number of aromatic nitrogens is 3. The zero-order chi connectivity index (χ0) is 32.0. The summed E-state index contributed by atoms with van der Waals surface area (Å²) >= 11 is 0. The van der Waals surface area contributed by atoms with Crippen LogP contribution in [0.25, 0.3) is 56.1 Å². The highest BCUT2D eigenvalue weighted by molar-refractivity contribution is 6.04. The summed E-state index contributed by atoms with van der Waals surface area (Å²) in [7, 11) is 0. The normalized spacial score (nSPS) is 22.1. The molecule has 2 unspecified atom stereocenters. The SMILES string of the molecule is C[C@@H]1CC2C[C@H](C)CC(c3ccc(-c4nc(-c5ccccc5)nc(-c5ccc(-c6cccc(C#N)c6)c6ccccc56)n4)cc3)(C2)C1. The lowest BCUT2D eigenvalue weighted by molar-refractivity contribution is 0.0780. The van der Waals surface area contributed by atoms with Crippen LogP contribution in [0.5, 0.6) is 0 Å². The van der Waals surface area contributed by atoms with Crippen LogP contribution in [-0.4, -0.2) is 15.0 Å². The third kappa shape index (κ3) is 5.51. The number of rotatable bonds is 5. The quantitative estimate of drug-likeness (QED) is 0.195. The van der Waals surface area contributed by atoms with E-state index < -0.39 is 0 Å². The average molecular weight is 611 g/mol. The van der Waals surface area contributed by atoms with Crippen LogP contribution in [0.1, 0.15) is 57.1 Å². The van der Waals surface area contributed by atoms with E-state index in [4.69, 9.17) is 15.0 Å². The van der Waals surface area contributed by atoms with Crippen molar-refractivity contribution >= 4 is 10.8 Å². The van der Waals surface area contributed by atoms with E-state index in [1.54, 1.807) is 0 Å². The van der Waals surface area contributed by atoms with Crippen molar-refractivity contribution in [3.63, 3.8) is 0 Å². The maximum atomic E-state index is 9.52. The lowest BCUT2D eigenvalue weighted by atomic mass is 9.54. The van der Waals surface area contributed by atoms with Crippen molar-refractivity contribution in [3.8, 4) is 51.4 Å². The minimum Gasteiger partial charge on any atom is -0.208 e. The Morgan fingerprint density at radius 3 is 1.83 bits per heavy atom. The van der Waals surface area contributed by atoms with Gasteiger partial charge in [0.15, 0.2) is 17.5 Å². The molecule has 2 aliphatic rings. The Hall–Kier alpha value is -5.14. The van der Waals surface area contributed by atoms with Crippen molar-refractivity contribution in [3.05, 3.63) is 126 Å². The Labute approximate surface area is 277 Å². The van der Waals surface area contributed by atoms with Gasteiger partial charge in [-0.25, -0.2) is 15.0 Å². The number of hydrogen-bond acceptors (Lipinski definition) is 4. The predicted octanol–water partition coefficient (Wildman–Crippen LogP) is 10.7. The third-order valence-electron chi connectivity index (χ3n) is 10.5. The van der Waals surface area contributed by atoms with Crippen LogP contribution in [0, 0.1) is 29.1 Å². The van der Waals surface area contributed by atoms with Crippen molar-refractivity contribution in [2.75, 3.05) is 0 Å². The lowest BCUT2D eigenvalue weighted by Gasteiger charge is -2.50. The van der Waals surface area contributed by atoms with E-state index in [1.807, 2.05) is 36.4 Å². The first kappa shape index (κ1) is 29.3. The van der Waals surface area contributed by atoms with Gasteiger partial charge in [0.1, 0.15) is 0 Å².